The van der Waals surface area contributed by atoms with Crippen molar-refractivity contribution in [3.05, 3.63) is 70.9 Å². The zero-order chi connectivity index (χ0) is 17.7. The normalized spacial score (nSPS) is 16.0. The largest absolute Gasteiger partial charge is 0.363 e. The number of nitrogens with zero attached hydrogens (tertiary/aromatic N) is 2. The first kappa shape index (κ1) is 14.9. The first-order valence-electron chi connectivity index (χ1n) is 8.24. The third-order valence-electron chi connectivity index (χ3n) is 4.61. The second-order valence-corrected chi connectivity index (χ2v) is 6.25. The fourth-order valence-electron chi connectivity index (χ4n) is 3.48. The second-order valence-electron chi connectivity index (χ2n) is 6.25. The average Bonchev–Trinajstić information content (AvgIpc) is 2.97. The van der Waals surface area contributed by atoms with E-state index in [1.54, 1.807) is 35.4 Å². The Morgan fingerprint density at radius 3 is 2.77 bits per heavy atom. The van der Waals surface area contributed by atoms with E-state index >= 15 is 0 Å². The van der Waals surface area contributed by atoms with Gasteiger partial charge >= 0.3 is 5.97 Å². The maximum atomic E-state index is 12.3. The Morgan fingerprint density at radius 1 is 1.08 bits per heavy atom. The Balaban J connectivity index is 1.53. The molecule has 0 bridgehead atoms. The number of benzene rings is 2. The van der Waals surface area contributed by atoms with E-state index in [9.17, 15) is 9.59 Å². The lowest BCUT2D eigenvalue weighted by molar-refractivity contribution is -0.107. The van der Waals surface area contributed by atoms with E-state index in [-0.39, 0.29) is 5.91 Å². The average molecular weight is 346 g/mol. The number of rotatable bonds is 2. The highest BCUT2D eigenvalue weighted by molar-refractivity contribution is 6.21. The molecule has 2 N–H and O–H groups in total. The second kappa shape index (κ2) is 5.53. The summed E-state index contributed by atoms with van der Waals surface area (Å²) < 4.78 is 0. The highest BCUT2D eigenvalue weighted by atomic mass is 16.7. The van der Waals surface area contributed by atoms with Crippen molar-refractivity contribution < 1.29 is 14.4 Å². The molecule has 2 aliphatic heterocycles. The van der Waals surface area contributed by atoms with Gasteiger partial charge in [0.15, 0.2) is 0 Å². The van der Waals surface area contributed by atoms with E-state index in [0.717, 1.165) is 22.2 Å². The van der Waals surface area contributed by atoms with Crippen molar-refractivity contribution in [1.29, 1.82) is 0 Å². The van der Waals surface area contributed by atoms with Gasteiger partial charge in [-0.25, -0.2) is 10.2 Å². The number of aromatic amines is 1. The SMILES string of the molecule is O=C(ON1CC2=NNC(=O)c3cccc4[nH]c(c2c34)C1)c1ccccc1. The van der Waals surface area contributed by atoms with Gasteiger partial charge in [0.1, 0.15) is 0 Å². The Hall–Kier alpha value is -3.45. The van der Waals surface area contributed by atoms with Crippen molar-refractivity contribution in [2.45, 2.75) is 6.54 Å². The number of hydrogen-bond donors (Lipinski definition) is 2. The number of H-pyrrole nitrogens is 1. The number of hydroxylamine groups is 2. The highest BCUT2D eigenvalue weighted by Crippen LogP contribution is 2.32. The maximum Gasteiger partial charge on any atom is 0.357 e. The number of hydrogen-bond acceptors (Lipinski definition) is 5. The molecule has 7 heteroatoms. The quantitative estimate of drug-likeness (QED) is 0.745. The van der Waals surface area contributed by atoms with Gasteiger partial charge in [-0.3, -0.25) is 4.79 Å². The topological polar surface area (TPSA) is 86.8 Å². The predicted molar refractivity (Wildman–Crippen MR) is 94.6 cm³/mol. The molecule has 0 atom stereocenters. The zero-order valence-electron chi connectivity index (χ0n) is 13.7. The Morgan fingerprint density at radius 2 is 1.92 bits per heavy atom. The molecule has 3 heterocycles. The Bertz CT molecular complexity index is 1080. The van der Waals surface area contributed by atoms with Crippen molar-refractivity contribution in [1.82, 2.24) is 15.5 Å². The van der Waals surface area contributed by atoms with Gasteiger partial charge in [0.05, 0.1) is 29.9 Å². The molecule has 128 valence electrons. The molecule has 26 heavy (non-hydrogen) atoms. The van der Waals surface area contributed by atoms with Gasteiger partial charge in [-0.05, 0) is 24.3 Å². The summed E-state index contributed by atoms with van der Waals surface area (Å²) in [6.07, 6.45) is 0. The van der Waals surface area contributed by atoms with Crippen LogP contribution in [-0.4, -0.2) is 34.2 Å². The van der Waals surface area contributed by atoms with Crippen LogP contribution < -0.4 is 5.43 Å². The summed E-state index contributed by atoms with van der Waals surface area (Å²) >= 11 is 0. The number of nitrogens with one attached hydrogen (secondary N) is 2. The molecule has 0 saturated carbocycles. The number of amides is 1. The molecule has 0 spiro atoms. The standard InChI is InChI=1S/C19H14N4O3/c24-18-12-7-4-8-13-16(12)17-14(20-13)9-23(10-15(17)21-22-18)26-19(25)11-5-2-1-3-6-11/h1-8,20H,9-10H2,(H,22,24). The summed E-state index contributed by atoms with van der Waals surface area (Å²) in [5.41, 5.74) is 6.96. The maximum absolute atomic E-state index is 12.3. The molecule has 0 saturated heterocycles. The Labute approximate surface area is 148 Å². The fourth-order valence-corrected chi connectivity index (χ4v) is 3.48. The van der Waals surface area contributed by atoms with E-state index in [2.05, 4.69) is 15.5 Å². The van der Waals surface area contributed by atoms with Crippen LogP contribution in [0, 0.1) is 0 Å². The van der Waals surface area contributed by atoms with Crippen molar-refractivity contribution >= 4 is 28.5 Å². The fraction of sp³-hybridized carbons (Fsp3) is 0.105. The van der Waals surface area contributed by atoms with Crippen molar-refractivity contribution in [3.63, 3.8) is 0 Å². The number of aromatic nitrogens is 1. The molecule has 2 aliphatic rings. The summed E-state index contributed by atoms with van der Waals surface area (Å²) in [6.45, 7) is 0.697. The Kier molecular flexibility index (Phi) is 3.16. The summed E-state index contributed by atoms with van der Waals surface area (Å²) in [7, 11) is 0. The van der Waals surface area contributed by atoms with Crippen LogP contribution in [0.3, 0.4) is 0 Å². The van der Waals surface area contributed by atoms with Crippen LogP contribution in [0.2, 0.25) is 0 Å². The molecule has 7 nitrogen and oxygen atoms in total. The number of carbonyl (C=O) groups is 2. The molecule has 3 aromatic rings. The van der Waals surface area contributed by atoms with Crippen molar-refractivity contribution in [2.75, 3.05) is 6.54 Å². The molecule has 0 radical (unpaired) electrons. The van der Waals surface area contributed by atoms with Gasteiger partial charge in [-0.15, -0.1) is 5.06 Å². The van der Waals surface area contributed by atoms with Crippen LogP contribution in [-0.2, 0) is 11.4 Å². The summed E-state index contributed by atoms with van der Waals surface area (Å²) in [5, 5.41) is 6.65. The van der Waals surface area contributed by atoms with E-state index in [1.165, 1.54) is 0 Å². The molecule has 0 aliphatic carbocycles. The van der Waals surface area contributed by atoms with Crippen LogP contribution in [0.25, 0.3) is 10.9 Å². The smallest absolute Gasteiger partial charge is 0.357 e. The molecular weight excluding hydrogens is 332 g/mol. The van der Waals surface area contributed by atoms with E-state index < -0.39 is 5.97 Å². The molecule has 1 amide bonds. The summed E-state index contributed by atoms with van der Waals surface area (Å²) in [5.74, 6) is -0.670. The summed E-state index contributed by atoms with van der Waals surface area (Å²) in [4.78, 5) is 33.5. The minimum absolute atomic E-state index is 0.243. The third kappa shape index (κ3) is 2.21. The first-order valence-corrected chi connectivity index (χ1v) is 8.24. The van der Waals surface area contributed by atoms with Gasteiger partial charge in [-0.1, -0.05) is 24.3 Å². The van der Waals surface area contributed by atoms with Gasteiger partial charge in [0, 0.05) is 22.2 Å². The molecule has 2 aromatic carbocycles. The minimum atomic E-state index is -0.427. The number of carbonyl (C=O) groups excluding carboxylic acids is 2. The van der Waals surface area contributed by atoms with Gasteiger partial charge < -0.3 is 9.82 Å². The van der Waals surface area contributed by atoms with Crippen molar-refractivity contribution in [3.8, 4) is 0 Å². The van der Waals surface area contributed by atoms with Crippen LogP contribution in [0.5, 0.6) is 0 Å². The molecule has 0 unspecified atom stereocenters. The van der Waals surface area contributed by atoms with E-state index in [1.807, 2.05) is 18.2 Å². The van der Waals surface area contributed by atoms with Gasteiger partial charge in [-0.2, -0.15) is 5.10 Å². The van der Waals surface area contributed by atoms with Gasteiger partial charge in [0.2, 0.25) is 0 Å². The number of hydrazone groups is 1. The third-order valence-corrected chi connectivity index (χ3v) is 4.61. The lowest BCUT2D eigenvalue weighted by atomic mass is 9.99. The predicted octanol–water partition coefficient (Wildman–Crippen LogP) is 2.20. The van der Waals surface area contributed by atoms with Crippen LogP contribution in [0.15, 0.2) is 53.6 Å². The van der Waals surface area contributed by atoms with E-state index in [0.29, 0.717) is 29.9 Å². The van der Waals surface area contributed by atoms with E-state index in [4.69, 9.17) is 4.84 Å². The van der Waals surface area contributed by atoms with Crippen LogP contribution in [0.4, 0.5) is 0 Å². The molecule has 1 aromatic heterocycles. The van der Waals surface area contributed by atoms with Gasteiger partial charge in [0.25, 0.3) is 5.91 Å². The highest BCUT2D eigenvalue weighted by Gasteiger charge is 2.32. The molecule has 5 rings (SSSR count). The van der Waals surface area contributed by atoms with Crippen molar-refractivity contribution in [2.24, 2.45) is 5.10 Å². The molecule has 0 fully saturated rings. The van der Waals surface area contributed by atoms with Crippen LogP contribution in [0.1, 0.15) is 32.0 Å². The van der Waals surface area contributed by atoms with Crippen LogP contribution >= 0.6 is 0 Å². The lowest BCUT2D eigenvalue weighted by Crippen LogP contribution is -2.37. The first-order chi connectivity index (χ1) is 12.7. The summed E-state index contributed by atoms with van der Waals surface area (Å²) in [6, 6.07) is 14.4. The minimum Gasteiger partial charge on any atom is -0.363 e. The lowest BCUT2D eigenvalue weighted by Gasteiger charge is -2.26. The monoisotopic (exact) mass is 346 g/mol. The zero-order valence-corrected chi connectivity index (χ0v) is 13.7. The molecular formula is C19H14N4O3.